The van der Waals surface area contributed by atoms with Crippen LogP contribution in [0.5, 0.6) is 5.75 Å². The van der Waals surface area contributed by atoms with E-state index < -0.39 is 6.10 Å². The molecule has 3 aromatic rings. The molecule has 0 spiro atoms. The molecule has 1 unspecified atom stereocenters. The van der Waals surface area contributed by atoms with Crippen LogP contribution in [0.15, 0.2) is 22.7 Å². The number of nitrogens with one attached hydrogen (secondary N) is 2. The number of nitrogens with zero attached hydrogens (tertiary/aromatic N) is 4. The van der Waals surface area contributed by atoms with E-state index in [1.165, 1.54) is 7.11 Å². The number of anilines is 1. The SMILES string of the molecule is CNCC(O)COc1ccc(C)c(-c2nc(NC3CCN(C(=O)OC)CC3)c(C)c(-c3c(C)noc3C)n2)c1. The zero-order valence-corrected chi connectivity index (χ0v) is 23.5. The highest BCUT2D eigenvalue weighted by Gasteiger charge is 2.26. The lowest BCUT2D eigenvalue weighted by molar-refractivity contribution is 0.108. The molecule has 1 atom stereocenters. The number of methoxy groups -OCH3 is 1. The molecule has 3 N–H and O–H groups in total. The second-order valence-corrected chi connectivity index (χ2v) is 9.94. The summed E-state index contributed by atoms with van der Waals surface area (Å²) in [6.45, 7) is 9.59. The highest BCUT2D eigenvalue weighted by molar-refractivity contribution is 5.75. The summed E-state index contributed by atoms with van der Waals surface area (Å²) in [7, 11) is 3.19. The van der Waals surface area contributed by atoms with E-state index in [-0.39, 0.29) is 18.7 Å². The summed E-state index contributed by atoms with van der Waals surface area (Å²) in [5.74, 6) is 2.58. The molecule has 2 aromatic heterocycles. The largest absolute Gasteiger partial charge is 0.491 e. The van der Waals surface area contributed by atoms with Crippen molar-refractivity contribution in [1.82, 2.24) is 25.3 Å². The smallest absolute Gasteiger partial charge is 0.409 e. The Morgan fingerprint density at radius 1 is 1.21 bits per heavy atom. The lowest BCUT2D eigenvalue weighted by atomic mass is 10.0. The molecule has 1 fully saturated rings. The zero-order chi connectivity index (χ0) is 28.1. The molecule has 4 rings (SSSR count). The molecule has 1 aliphatic heterocycles. The third-order valence-electron chi connectivity index (χ3n) is 7.02. The third-order valence-corrected chi connectivity index (χ3v) is 7.02. The highest BCUT2D eigenvalue weighted by Crippen LogP contribution is 2.35. The van der Waals surface area contributed by atoms with Gasteiger partial charge in [-0.25, -0.2) is 14.8 Å². The average Bonchev–Trinajstić information content (AvgIpc) is 3.27. The summed E-state index contributed by atoms with van der Waals surface area (Å²) >= 11 is 0. The van der Waals surface area contributed by atoms with E-state index in [2.05, 4.69) is 15.8 Å². The Bertz CT molecular complexity index is 1280. The topological polar surface area (TPSA) is 135 Å². The van der Waals surface area contributed by atoms with Gasteiger partial charge in [-0.15, -0.1) is 0 Å². The quantitative estimate of drug-likeness (QED) is 0.371. The first kappa shape index (κ1) is 28.3. The van der Waals surface area contributed by atoms with Gasteiger partial charge in [-0.2, -0.15) is 0 Å². The van der Waals surface area contributed by atoms with Gasteiger partial charge in [-0.3, -0.25) is 0 Å². The first-order chi connectivity index (χ1) is 18.7. The maximum atomic E-state index is 11.9. The standard InChI is InChI=1S/C28H38N6O5/c1-16-7-8-22(38-15-21(35)14-29-5)13-23(16)27-31-25(24-18(3)33-39-19(24)4)17(2)26(32-27)30-20-9-11-34(12-10-20)28(36)37-6/h7-8,13,20-21,29,35H,9-12,14-15H2,1-6H3,(H,30,31,32). The van der Waals surface area contributed by atoms with Gasteiger partial charge in [0.25, 0.3) is 0 Å². The number of hydrogen-bond acceptors (Lipinski definition) is 10. The van der Waals surface area contributed by atoms with Gasteiger partial charge in [-0.05, 0) is 65.3 Å². The predicted octanol–water partition coefficient (Wildman–Crippen LogP) is 3.63. The summed E-state index contributed by atoms with van der Waals surface area (Å²) in [6, 6.07) is 5.88. The predicted molar refractivity (Wildman–Crippen MR) is 148 cm³/mol. The molecular formula is C28H38N6O5. The number of ether oxygens (including phenoxy) is 2. The summed E-state index contributed by atoms with van der Waals surface area (Å²) in [5.41, 5.74) is 5.06. The number of aliphatic hydroxyl groups is 1. The molecule has 1 aliphatic rings. The lowest BCUT2D eigenvalue weighted by Gasteiger charge is -2.32. The first-order valence-electron chi connectivity index (χ1n) is 13.2. The number of amides is 1. The van der Waals surface area contributed by atoms with Crippen LogP contribution in [-0.2, 0) is 4.74 Å². The summed E-state index contributed by atoms with van der Waals surface area (Å²) in [4.78, 5) is 23.6. The Labute approximate surface area is 228 Å². The van der Waals surface area contributed by atoms with Crippen LogP contribution in [0.3, 0.4) is 0 Å². The molecule has 210 valence electrons. The van der Waals surface area contributed by atoms with Gasteiger partial charge in [0.15, 0.2) is 5.82 Å². The molecule has 0 saturated carbocycles. The fourth-order valence-electron chi connectivity index (χ4n) is 4.79. The number of carbonyl (C=O) groups is 1. The summed E-state index contributed by atoms with van der Waals surface area (Å²) in [5, 5.41) is 20.8. The van der Waals surface area contributed by atoms with Crippen LogP contribution >= 0.6 is 0 Å². The number of aromatic nitrogens is 3. The molecule has 11 nitrogen and oxygen atoms in total. The van der Waals surface area contributed by atoms with Crippen LogP contribution in [-0.4, -0.2) is 83.8 Å². The Morgan fingerprint density at radius 2 is 1.95 bits per heavy atom. The van der Waals surface area contributed by atoms with E-state index in [1.807, 2.05) is 45.9 Å². The van der Waals surface area contributed by atoms with Crippen molar-refractivity contribution in [2.24, 2.45) is 0 Å². The number of hydrogen-bond donors (Lipinski definition) is 3. The summed E-state index contributed by atoms with van der Waals surface area (Å²) < 4.78 is 16.2. The Balaban J connectivity index is 1.70. The average molecular weight is 539 g/mol. The van der Waals surface area contributed by atoms with E-state index in [1.54, 1.807) is 11.9 Å². The van der Waals surface area contributed by atoms with Crippen molar-refractivity contribution in [3.8, 4) is 28.4 Å². The summed E-state index contributed by atoms with van der Waals surface area (Å²) in [6.07, 6.45) is 0.617. The molecule has 11 heteroatoms. The van der Waals surface area contributed by atoms with Crippen LogP contribution in [0.25, 0.3) is 22.6 Å². The van der Waals surface area contributed by atoms with Crippen molar-refractivity contribution in [2.75, 3.05) is 45.7 Å². The molecule has 1 aromatic carbocycles. The van der Waals surface area contributed by atoms with E-state index in [4.69, 9.17) is 24.0 Å². The highest BCUT2D eigenvalue weighted by atomic mass is 16.5. The number of benzene rings is 1. The van der Waals surface area contributed by atoms with Crippen LogP contribution in [0.4, 0.5) is 10.6 Å². The molecule has 3 heterocycles. The fourth-order valence-corrected chi connectivity index (χ4v) is 4.79. The van der Waals surface area contributed by atoms with Gasteiger partial charge in [0, 0.05) is 36.8 Å². The van der Waals surface area contributed by atoms with Crippen molar-refractivity contribution >= 4 is 11.9 Å². The Kier molecular flexibility index (Phi) is 9.03. The van der Waals surface area contributed by atoms with Crippen molar-refractivity contribution < 1.29 is 23.9 Å². The number of likely N-dealkylation sites (N-methyl/N-ethyl adjacent to an activating group) is 1. The molecule has 0 radical (unpaired) electrons. The van der Waals surface area contributed by atoms with Crippen molar-refractivity contribution in [3.63, 3.8) is 0 Å². The molecule has 1 amide bonds. The van der Waals surface area contributed by atoms with Gasteiger partial charge in [0.2, 0.25) is 0 Å². The van der Waals surface area contributed by atoms with Gasteiger partial charge in [-0.1, -0.05) is 11.2 Å². The number of aliphatic hydroxyl groups excluding tert-OH is 1. The minimum atomic E-state index is -0.622. The van der Waals surface area contributed by atoms with Crippen molar-refractivity contribution in [3.05, 3.63) is 40.8 Å². The number of carbonyl (C=O) groups excluding carboxylic acids is 1. The number of rotatable bonds is 9. The van der Waals surface area contributed by atoms with Gasteiger partial charge in [0.05, 0.1) is 24.1 Å². The van der Waals surface area contributed by atoms with Crippen molar-refractivity contribution in [2.45, 2.75) is 52.7 Å². The second kappa shape index (κ2) is 12.4. The Morgan fingerprint density at radius 3 is 2.59 bits per heavy atom. The maximum absolute atomic E-state index is 11.9. The van der Waals surface area contributed by atoms with Gasteiger partial charge in [0.1, 0.15) is 30.0 Å². The van der Waals surface area contributed by atoms with E-state index in [9.17, 15) is 9.90 Å². The van der Waals surface area contributed by atoms with E-state index >= 15 is 0 Å². The molecular weight excluding hydrogens is 500 g/mol. The monoisotopic (exact) mass is 538 g/mol. The van der Waals surface area contributed by atoms with Crippen LogP contribution < -0.4 is 15.4 Å². The second-order valence-electron chi connectivity index (χ2n) is 9.94. The fraction of sp³-hybridized carbons (Fsp3) is 0.500. The van der Waals surface area contributed by atoms with Gasteiger partial charge >= 0.3 is 6.09 Å². The minimum absolute atomic E-state index is 0.134. The van der Waals surface area contributed by atoms with Crippen LogP contribution in [0, 0.1) is 27.7 Å². The Hall–Kier alpha value is -3.70. The van der Waals surface area contributed by atoms with Gasteiger partial charge < -0.3 is 34.6 Å². The number of aryl methyl sites for hydroxylation is 3. The third kappa shape index (κ3) is 6.48. The zero-order valence-electron chi connectivity index (χ0n) is 23.5. The van der Waals surface area contributed by atoms with E-state index in [0.29, 0.717) is 37.0 Å². The molecule has 0 aliphatic carbocycles. The number of likely N-dealkylation sites (tertiary alicyclic amines) is 1. The minimum Gasteiger partial charge on any atom is -0.491 e. The molecule has 39 heavy (non-hydrogen) atoms. The van der Waals surface area contributed by atoms with Crippen molar-refractivity contribution in [1.29, 1.82) is 0 Å². The molecule has 0 bridgehead atoms. The van der Waals surface area contributed by atoms with Crippen LogP contribution in [0.2, 0.25) is 0 Å². The van der Waals surface area contributed by atoms with Crippen LogP contribution in [0.1, 0.15) is 35.4 Å². The normalized spacial score (nSPS) is 14.8. The maximum Gasteiger partial charge on any atom is 0.409 e. The lowest BCUT2D eigenvalue weighted by Crippen LogP contribution is -2.42. The number of piperidine rings is 1. The van der Waals surface area contributed by atoms with E-state index in [0.717, 1.165) is 52.3 Å². The first-order valence-corrected chi connectivity index (χ1v) is 13.2. The molecule has 1 saturated heterocycles.